The molecule has 2 N–H and O–H groups in total. The molecule has 1 aromatic heterocycles. The standard InChI is InChI=1S/C21H36N6S/c1-15(2)13-22-21(28)25-20-23-18(26-10-7-16(3)8-11-26)12-19(24-20)27-9-5-6-17(4)14-27/h12,15-17H,5-11,13-14H2,1-4H3,(H2,22,23,24,25,28)/t17-/m0/s1. The topological polar surface area (TPSA) is 56.3 Å². The van der Waals surface area contributed by atoms with Gasteiger partial charge >= 0.3 is 0 Å². The summed E-state index contributed by atoms with van der Waals surface area (Å²) in [6.07, 6.45) is 4.96. The lowest BCUT2D eigenvalue weighted by atomic mass is 9.99. The minimum atomic E-state index is 0.535. The molecule has 6 nitrogen and oxygen atoms in total. The Bertz CT molecular complexity index is 656. The largest absolute Gasteiger partial charge is 0.362 e. The number of aromatic nitrogens is 2. The smallest absolute Gasteiger partial charge is 0.232 e. The lowest BCUT2D eigenvalue weighted by Gasteiger charge is -2.34. The normalized spacial score (nSPS) is 21.1. The second kappa shape index (κ2) is 9.72. The number of nitrogens with zero attached hydrogens (tertiary/aromatic N) is 4. The summed E-state index contributed by atoms with van der Waals surface area (Å²) < 4.78 is 0. The lowest BCUT2D eigenvalue weighted by Crippen LogP contribution is -2.37. The van der Waals surface area contributed by atoms with E-state index in [4.69, 9.17) is 22.2 Å². The molecule has 2 aliphatic heterocycles. The first-order valence-electron chi connectivity index (χ1n) is 10.8. The molecule has 28 heavy (non-hydrogen) atoms. The van der Waals surface area contributed by atoms with Gasteiger partial charge in [-0.1, -0.05) is 27.7 Å². The first-order chi connectivity index (χ1) is 13.4. The minimum Gasteiger partial charge on any atom is -0.362 e. The van der Waals surface area contributed by atoms with Crippen molar-refractivity contribution in [2.75, 3.05) is 47.8 Å². The van der Waals surface area contributed by atoms with Gasteiger partial charge in [0.25, 0.3) is 0 Å². The van der Waals surface area contributed by atoms with Crippen molar-refractivity contribution in [2.45, 2.75) is 53.4 Å². The summed E-state index contributed by atoms with van der Waals surface area (Å²) in [5.41, 5.74) is 0. The fourth-order valence-electron chi connectivity index (χ4n) is 3.88. The van der Waals surface area contributed by atoms with Crippen molar-refractivity contribution in [1.29, 1.82) is 0 Å². The number of hydrogen-bond donors (Lipinski definition) is 2. The average molecular weight is 405 g/mol. The van der Waals surface area contributed by atoms with E-state index in [-0.39, 0.29) is 0 Å². The van der Waals surface area contributed by atoms with Gasteiger partial charge in [-0.05, 0) is 55.7 Å². The van der Waals surface area contributed by atoms with Gasteiger partial charge in [0.2, 0.25) is 5.95 Å². The Balaban J connectivity index is 1.80. The van der Waals surface area contributed by atoms with Crippen molar-refractivity contribution >= 4 is 34.9 Å². The molecule has 3 heterocycles. The van der Waals surface area contributed by atoms with Gasteiger partial charge in [0.1, 0.15) is 11.6 Å². The Morgan fingerprint density at radius 2 is 1.75 bits per heavy atom. The van der Waals surface area contributed by atoms with Crippen molar-refractivity contribution in [1.82, 2.24) is 15.3 Å². The fourth-order valence-corrected chi connectivity index (χ4v) is 4.05. The Morgan fingerprint density at radius 1 is 1.07 bits per heavy atom. The number of rotatable bonds is 5. The van der Waals surface area contributed by atoms with Crippen LogP contribution in [0.15, 0.2) is 6.07 Å². The second-order valence-electron chi connectivity index (χ2n) is 9.00. The summed E-state index contributed by atoms with van der Waals surface area (Å²) in [6.45, 7) is 14.1. The highest BCUT2D eigenvalue weighted by molar-refractivity contribution is 7.80. The van der Waals surface area contributed by atoms with Crippen LogP contribution in [0.4, 0.5) is 17.6 Å². The molecule has 3 rings (SSSR count). The molecule has 1 aromatic rings. The Labute approximate surface area is 175 Å². The van der Waals surface area contributed by atoms with Gasteiger partial charge in [0.05, 0.1) is 0 Å². The van der Waals surface area contributed by atoms with Gasteiger partial charge in [-0.25, -0.2) is 0 Å². The Hall–Kier alpha value is -1.63. The van der Waals surface area contributed by atoms with Crippen molar-refractivity contribution in [2.24, 2.45) is 17.8 Å². The van der Waals surface area contributed by atoms with E-state index in [1.807, 2.05) is 0 Å². The maximum absolute atomic E-state index is 5.46. The zero-order chi connectivity index (χ0) is 20.1. The first kappa shape index (κ1) is 21.1. The van der Waals surface area contributed by atoms with E-state index >= 15 is 0 Å². The summed E-state index contributed by atoms with van der Waals surface area (Å²) in [5.74, 6) is 4.67. The average Bonchev–Trinajstić information content (AvgIpc) is 2.67. The number of hydrogen-bond acceptors (Lipinski definition) is 5. The Morgan fingerprint density at radius 3 is 2.39 bits per heavy atom. The fraction of sp³-hybridized carbons (Fsp3) is 0.762. The van der Waals surface area contributed by atoms with E-state index in [1.54, 1.807) is 0 Å². The highest BCUT2D eigenvalue weighted by Gasteiger charge is 2.22. The maximum Gasteiger partial charge on any atom is 0.232 e. The Kier molecular flexibility index (Phi) is 7.32. The minimum absolute atomic E-state index is 0.535. The quantitative estimate of drug-likeness (QED) is 0.722. The molecule has 2 fully saturated rings. The monoisotopic (exact) mass is 404 g/mol. The van der Waals surface area contributed by atoms with Crippen LogP contribution in [0.25, 0.3) is 0 Å². The van der Waals surface area contributed by atoms with E-state index in [2.05, 4.69) is 54.2 Å². The third-order valence-corrected chi connectivity index (χ3v) is 5.93. The van der Waals surface area contributed by atoms with Crippen LogP contribution in [-0.4, -0.2) is 47.8 Å². The third-order valence-electron chi connectivity index (χ3n) is 5.68. The number of thiocarbonyl (C=S) groups is 1. The van der Waals surface area contributed by atoms with E-state index in [9.17, 15) is 0 Å². The van der Waals surface area contributed by atoms with Crippen molar-refractivity contribution in [3.8, 4) is 0 Å². The van der Waals surface area contributed by atoms with Crippen molar-refractivity contribution < 1.29 is 0 Å². The molecule has 0 aliphatic carbocycles. The lowest BCUT2D eigenvalue weighted by molar-refractivity contribution is 0.435. The predicted molar refractivity (Wildman–Crippen MR) is 122 cm³/mol. The number of piperidine rings is 2. The van der Waals surface area contributed by atoms with Crippen LogP contribution >= 0.6 is 12.2 Å². The zero-order valence-corrected chi connectivity index (χ0v) is 18.7. The predicted octanol–water partition coefficient (Wildman–Crippen LogP) is 3.89. The van der Waals surface area contributed by atoms with Crippen molar-refractivity contribution in [3.05, 3.63) is 6.07 Å². The van der Waals surface area contributed by atoms with Gasteiger partial charge < -0.3 is 20.4 Å². The molecule has 0 bridgehead atoms. The van der Waals surface area contributed by atoms with Crippen LogP contribution in [0.3, 0.4) is 0 Å². The van der Waals surface area contributed by atoms with Gasteiger partial charge in [0, 0.05) is 38.8 Å². The highest BCUT2D eigenvalue weighted by Crippen LogP contribution is 2.28. The molecule has 156 valence electrons. The summed E-state index contributed by atoms with van der Waals surface area (Å²) in [7, 11) is 0. The summed E-state index contributed by atoms with van der Waals surface area (Å²) in [6, 6.07) is 2.17. The van der Waals surface area contributed by atoms with E-state index in [0.717, 1.165) is 50.3 Å². The molecule has 1 atom stereocenters. The van der Waals surface area contributed by atoms with Crippen LogP contribution in [0.2, 0.25) is 0 Å². The number of anilines is 3. The molecular formula is C21H36N6S. The van der Waals surface area contributed by atoms with Crippen LogP contribution < -0.4 is 20.4 Å². The van der Waals surface area contributed by atoms with Gasteiger partial charge in [0.15, 0.2) is 5.11 Å². The molecule has 0 unspecified atom stereocenters. The number of nitrogens with one attached hydrogen (secondary N) is 2. The molecule has 0 aromatic carbocycles. The SMILES string of the molecule is CC(C)CNC(=S)Nc1nc(N2CCC(C)CC2)cc(N2CCC[C@H](C)C2)n1. The van der Waals surface area contributed by atoms with Crippen LogP contribution in [0.1, 0.15) is 53.4 Å². The van der Waals surface area contributed by atoms with Crippen LogP contribution in [0.5, 0.6) is 0 Å². The molecule has 2 aliphatic rings. The van der Waals surface area contributed by atoms with Crippen molar-refractivity contribution in [3.63, 3.8) is 0 Å². The maximum atomic E-state index is 5.46. The molecule has 2 saturated heterocycles. The summed E-state index contributed by atoms with van der Waals surface area (Å²) in [5, 5.41) is 7.07. The molecule has 0 spiro atoms. The van der Waals surface area contributed by atoms with Crippen LogP contribution in [0, 0.1) is 17.8 Å². The molecule has 7 heteroatoms. The molecular weight excluding hydrogens is 368 g/mol. The first-order valence-corrected chi connectivity index (χ1v) is 11.3. The second-order valence-corrected chi connectivity index (χ2v) is 9.41. The molecule has 0 amide bonds. The van der Waals surface area contributed by atoms with Gasteiger partial charge in [-0.2, -0.15) is 9.97 Å². The zero-order valence-electron chi connectivity index (χ0n) is 17.9. The summed E-state index contributed by atoms with van der Waals surface area (Å²) >= 11 is 5.46. The highest BCUT2D eigenvalue weighted by atomic mass is 32.1. The van der Waals surface area contributed by atoms with Gasteiger partial charge in [-0.15, -0.1) is 0 Å². The van der Waals surface area contributed by atoms with Crippen LogP contribution in [-0.2, 0) is 0 Å². The third kappa shape index (κ3) is 5.93. The summed E-state index contributed by atoms with van der Waals surface area (Å²) in [4.78, 5) is 14.4. The van der Waals surface area contributed by atoms with E-state index in [0.29, 0.717) is 22.9 Å². The van der Waals surface area contributed by atoms with Gasteiger partial charge in [-0.3, -0.25) is 0 Å². The van der Waals surface area contributed by atoms with E-state index in [1.165, 1.54) is 25.7 Å². The molecule has 0 saturated carbocycles. The van der Waals surface area contributed by atoms with E-state index < -0.39 is 0 Å². The molecule has 0 radical (unpaired) electrons.